The number of carbonyl (C=O) groups is 1. The topological polar surface area (TPSA) is 116 Å². The van der Waals surface area contributed by atoms with Crippen molar-refractivity contribution in [2.24, 2.45) is 11.5 Å². The molecule has 0 saturated heterocycles. The standard InChI is InChI=1S/CH4N2O.CHNO.Na/c2-1(3)4;2-1-3;/h(H4,2,3,4);3H;/q;;+1/p-1. The van der Waals surface area contributed by atoms with Crippen LogP contribution >= 0.6 is 0 Å². The summed E-state index contributed by atoms with van der Waals surface area (Å²) in [4.78, 5) is 9.00. The zero-order valence-electron chi connectivity index (χ0n) is 4.42. The smallest absolute Gasteiger partial charge is 0.812 e. The molecule has 0 unspecified atom stereocenters. The van der Waals surface area contributed by atoms with Gasteiger partial charge in [-0.2, -0.15) is 0 Å². The van der Waals surface area contributed by atoms with Crippen LogP contribution in [-0.4, -0.2) is 6.03 Å². The van der Waals surface area contributed by atoms with Gasteiger partial charge in [0.15, 0.2) is 0 Å². The first kappa shape index (κ1) is 15.6. The normalized spacial score (nSPS) is 3.88. The van der Waals surface area contributed by atoms with Crippen molar-refractivity contribution in [2.75, 3.05) is 0 Å². The van der Waals surface area contributed by atoms with E-state index in [4.69, 9.17) is 15.2 Å². The minimum atomic E-state index is -0.833. The van der Waals surface area contributed by atoms with Gasteiger partial charge in [-0.15, -0.1) is 0 Å². The Hall–Kier alpha value is -0.440. The summed E-state index contributed by atoms with van der Waals surface area (Å²) in [5.41, 5.74) is 8.50. The Bertz CT molecular complexity index is 83.8. The molecule has 0 rings (SSSR count). The van der Waals surface area contributed by atoms with E-state index in [0.29, 0.717) is 6.26 Å². The fraction of sp³-hybridized carbons (Fsp3) is 0. The number of primary amides is 2. The molecule has 0 atom stereocenters. The first-order valence-corrected chi connectivity index (χ1v) is 1.21. The quantitative estimate of drug-likeness (QED) is 0.249. The van der Waals surface area contributed by atoms with Crippen LogP contribution in [0.25, 0.3) is 0 Å². The van der Waals surface area contributed by atoms with Gasteiger partial charge in [-0.05, 0) is 0 Å². The van der Waals surface area contributed by atoms with Gasteiger partial charge in [0.05, 0.1) is 0 Å². The molecule has 0 bridgehead atoms. The molecule has 0 aliphatic heterocycles. The van der Waals surface area contributed by atoms with E-state index < -0.39 is 6.03 Å². The fourth-order valence-corrected chi connectivity index (χ4v) is 0. The molecule has 0 heterocycles. The zero-order valence-corrected chi connectivity index (χ0v) is 6.42. The second-order valence-electron chi connectivity index (χ2n) is 0.494. The summed E-state index contributed by atoms with van der Waals surface area (Å²) < 4.78 is 0. The maximum Gasteiger partial charge on any atom is 1.00 e. The third-order valence-electron chi connectivity index (χ3n) is 0. The first-order valence-electron chi connectivity index (χ1n) is 1.21. The number of nitriles is 1. The molecule has 0 aromatic rings. The van der Waals surface area contributed by atoms with Crippen molar-refractivity contribution in [3.05, 3.63) is 0 Å². The van der Waals surface area contributed by atoms with E-state index in [1.807, 2.05) is 0 Å². The average molecular weight is 125 g/mol. The summed E-state index contributed by atoms with van der Waals surface area (Å²) in [5.74, 6) is 0. The van der Waals surface area contributed by atoms with Crippen molar-refractivity contribution < 1.29 is 39.5 Å². The molecule has 0 radical (unpaired) electrons. The van der Waals surface area contributed by atoms with Crippen LogP contribution in [0.2, 0.25) is 0 Å². The number of carbonyl (C=O) groups excluding carboxylic acids is 1. The predicted octanol–water partition coefficient (Wildman–Crippen LogP) is -5.14. The third kappa shape index (κ3) is 597. The number of amides is 2. The van der Waals surface area contributed by atoms with Crippen LogP contribution < -0.4 is 46.1 Å². The van der Waals surface area contributed by atoms with Crippen LogP contribution in [-0.2, 0) is 0 Å². The summed E-state index contributed by atoms with van der Waals surface area (Å²) in [5, 5.41) is 15.0. The maximum atomic E-state index is 9.00. The monoisotopic (exact) mass is 125 g/mol. The molecule has 0 aliphatic carbocycles. The Kier molecular flexibility index (Phi) is 31.3. The molecule has 0 fully saturated rings. The molecule has 40 valence electrons. The largest absolute Gasteiger partial charge is 1.00 e. The van der Waals surface area contributed by atoms with Crippen LogP contribution in [0.4, 0.5) is 4.79 Å². The second-order valence-corrected chi connectivity index (χ2v) is 0.494. The summed E-state index contributed by atoms with van der Waals surface area (Å²) in [6.45, 7) is 0. The minimum absolute atomic E-state index is 0. The van der Waals surface area contributed by atoms with Gasteiger partial charge in [0.1, 0.15) is 0 Å². The van der Waals surface area contributed by atoms with E-state index in [1.54, 1.807) is 0 Å². The molecule has 8 heavy (non-hydrogen) atoms. The third-order valence-corrected chi connectivity index (χ3v) is 0. The molecule has 6 heteroatoms. The zero-order chi connectivity index (χ0) is 6.28. The van der Waals surface area contributed by atoms with E-state index in [1.165, 1.54) is 0 Å². The molecule has 0 aromatic carbocycles. The van der Waals surface area contributed by atoms with E-state index in [-0.39, 0.29) is 29.6 Å². The Balaban J connectivity index is -0.0000000575. The molecule has 4 N–H and O–H groups in total. The number of rotatable bonds is 0. The summed E-state index contributed by atoms with van der Waals surface area (Å²) in [6.07, 6.45) is 0.500. The maximum absolute atomic E-state index is 9.00. The van der Waals surface area contributed by atoms with Gasteiger partial charge in [-0.25, -0.2) is 10.1 Å². The molecule has 5 nitrogen and oxygen atoms in total. The molecule has 2 amide bonds. The van der Waals surface area contributed by atoms with Crippen molar-refractivity contribution in [3.63, 3.8) is 0 Å². The van der Waals surface area contributed by atoms with Crippen LogP contribution in [0.15, 0.2) is 0 Å². The summed E-state index contributed by atoms with van der Waals surface area (Å²) in [7, 11) is 0. The van der Waals surface area contributed by atoms with E-state index in [2.05, 4.69) is 11.5 Å². The number of hydrogen-bond donors (Lipinski definition) is 2. The summed E-state index contributed by atoms with van der Waals surface area (Å²) >= 11 is 0. The minimum Gasteiger partial charge on any atom is -0.812 e. The Morgan fingerprint density at radius 2 is 1.62 bits per heavy atom. The van der Waals surface area contributed by atoms with Crippen molar-refractivity contribution in [2.45, 2.75) is 0 Å². The average Bonchev–Trinajstić information content (AvgIpc) is 1.33. The second kappa shape index (κ2) is 16.0. The summed E-state index contributed by atoms with van der Waals surface area (Å²) in [6, 6.07) is -0.833. The number of urea groups is 1. The molecule has 0 aliphatic rings. The van der Waals surface area contributed by atoms with Crippen molar-refractivity contribution in [1.82, 2.24) is 0 Å². The molecule has 0 spiro atoms. The fourth-order valence-electron chi connectivity index (χ4n) is 0. The van der Waals surface area contributed by atoms with Crippen LogP contribution in [0.5, 0.6) is 0 Å². The molecule has 0 saturated carbocycles. The van der Waals surface area contributed by atoms with Gasteiger partial charge in [0, 0.05) is 6.26 Å². The number of hydrogen-bond acceptors (Lipinski definition) is 3. The number of nitrogens with zero attached hydrogens (tertiary/aromatic N) is 1. The van der Waals surface area contributed by atoms with Gasteiger partial charge >= 0.3 is 35.6 Å². The SMILES string of the molecule is N#C[O-].NC(N)=O.[Na+]. The Morgan fingerprint density at radius 3 is 1.62 bits per heavy atom. The van der Waals surface area contributed by atoms with Crippen molar-refractivity contribution in [3.8, 4) is 6.26 Å². The van der Waals surface area contributed by atoms with Crippen molar-refractivity contribution >= 4 is 6.03 Å². The Labute approximate surface area is 68.6 Å². The number of nitrogens with two attached hydrogens (primary N) is 2. The van der Waals surface area contributed by atoms with Crippen molar-refractivity contribution in [1.29, 1.82) is 5.26 Å². The molecular weight excluding hydrogens is 121 g/mol. The van der Waals surface area contributed by atoms with Gasteiger partial charge < -0.3 is 16.6 Å². The van der Waals surface area contributed by atoms with E-state index >= 15 is 0 Å². The molecular formula is C2H4N3NaO2. The first-order chi connectivity index (χ1) is 3.15. The van der Waals surface area contributed by atoms with E-state index in [9.17, 15) is 0 Å². The van der Waals surface area contributed by atoms with Crippen LogP contribution in [0, 0.1) is 11.5 Å². The van der Waals surface area contributed by atoms with Crippen LogP contribution in [0.1, 0.15) is 0 Å². The van der Waals surface area contributed by atoms with Gasteiger partial charge in [0.25, 0.3) is 0 Å². The van der Waals surface area contributed by atoms with E-state index in [0.717, 1.165) is 0 Å². The van der Waals surface area contributed by atoms with Gasteiger partial charge in [-0.3, -0.25) is 0 Å². The van der Waals surface area contributed by atoms with Gasteiger partial charge in [0.2, 0.25) is 0 Å². The Morgan fingerprint density at radius 1 is 1.62 bits per heavy atom. The predicted molar refractivity (Wildman–Crippen MR) is 19.4 cm³/mol. The molecule has 0 aromatic heterocycles. The van der Waals surface area contributed by atoms with Crippen LogP contribution in [0.3, 0.4) is 0 Å². The van der Waals surface area contributed by atoms with Gasteiger partial charge in [-0.1, -0.05) is 0 Å².